The molecule has 2 aliphatic rings. The number of hydrogen-bond donors (Lipinski definition) is 1. The van der Waals surface area contributed by atoms with E-state index in [9.17, 15) is 0 Å². The van der Waals surface area contributed by atoms with Gasteiger partial charge in [-0.25, -0.2) is 9.97 Å². The van der Waals surface area contributed by atoms with Crippen LogP contribution in [0.3, 0.4) is 0 Å². The third-order valence-electron chi connectivity index (χ3n) is 5.44. The molecule has 6 nitrogen and oxygen atoms in total. The van der Waals surface area contributed by atoms with E-state index < -0.39 is 0 Å². The second-order valence-electron chi connectivity index (χ2n) is 6.85. The van der Waals surface area contributed by atoms with Gasteiger partial charge in [0.1, 0.15) is 11.8 Å². The Morgan fingerprint density at radius 2 is 2.12 bits per heavy atom. The lowest BCUT2D eigenvalue weighted by Gasteiger charge is -2.42. The highest BCUT2D eigenvalue weighted by molar-refractivity contribution is 5.39. The second kappa shape index (κ2) is 5.53. The lowest BCUT2D eigenvalue weighted by molar-refractivity contribution is 0.186. The van der Waals surface area contributed by atoms with Gasteiger partial charge in [0.05, 0.1) is 0 Å². The Labute approximate surface area is 141 Å². The molecule has 1 fully saturated rings. The number of fused-ring (bicyclic) bond motifs is 1. The highest BCUT2D eigenvalue weighted by Gasteiger charge is 2.46. The fraction of sp³-hybridized carbons (Fsp3) is 0.444. The van der Waals surface area contributed by atoms with Crippen molar-refractivity contribution in [3.63, 3.8) is 0 Å². The van der Waals surface area contributed by atoms with E-state index in [0.29, 0.717) is 11.6 Å². The Morgan fingerprint density at radius 3 is 2.83 bits per heavy atom. The molecule has 2 aromatic heterocycles. The van der Waals surface area contributed by atoms with Crippen molar-refractivity contribution >= 4 is 5.95 Å². The predicted molar refractivity (Wildman–Crippen MR) is 90.2 cm³/mol. The number of nitrogens with two attached hydrogens (primary N) is 1. The van der Waals surface area contributed by atoms with Crippen LogP contribution in [0.4, 0.5) is 5.95 Å². The van der Waals surface area contributed by atoms with Crippen LogP contribution in [0, 0.1) is 23.7 Å². The summed E-state index contributed by atoms with van der Waals surface area (Å²) in [6.45, 7) is 3.61. The molecule has 122 valence electrons. The molecule has 1 spiro atoms. The maximum Gasteiger partial charge on any atom is 0.226 e. The number of nitrogens with zero attached hydrogens (tertiary/aromatic N) is 5. The van der Waals surface area contributed by atoms with E-state index >= 15 is 0 Å². The maximum atomic E-state index is 9.10. The standard InChI is InChI=1S/C18H20N6/c1-12-9-13(11-19)23-17(22-12)24-7-4-18(5-8-24)10-15-14(16(18)20)3-2-6-21-15/h2-3,6,9,16H,4-5,7-8,10,20H2,1H3/t16-/m1/s1. The number of rotatable bonds is 1. The molecule has 1 atom stereocenters. The smallest absolute Gasteiger partial charge is 0.226 e. The van der Waals surface area contributed by atoms with Crippen molar-refractivity contribution in [1.82, 2.24) is 15.0 Å². The summed E-state index contributed by atoms with van der Waals surface area (Å²) >= 11 is 0. The highest BCUT2D eigenvalue weighted by atomic mass is 15.3. The monoisotopic (exact) mass is 320 g/mol. The van der Waals surface area contributed by atoms with E-state index in [1.54, 1.807) is 6.07 Å². The predicted octanol–water partition coefficient (Wildman–Crippen LogP) is 1.89. The van der Waals surface area contributed by atoms with Crippen molar-refractivity contribution < 1.29 is 0 Å². The minimum atomic E-state index is 0.0523. The molecule has 1 aliphatic heterocycles. The van der Waals surface area contributed by atoms with Crippen molar-refractivity contribution in [2.75, 3.05) is 18.0 Å². The zero-order chi connectivity index (χ0) is 16.7. The number of nitriles is 1. The van der Waals surface area contributed by atoms with Crippen molar-refractivity contribution in [1.29, 1.82) is 5.26 Å². The SMILES string of the molecule is Cc1cc(C#N)nc(N2CCC3(CC2)Cc2ncccc2[C@H]3N)n1. The van der Waals surface area contributed by atoms with Crippen LogP contribution >= 0.6 is 0 Å². The fourth-order valence-electron chi connectivity index (χ4n) is 4.05. The molecule has 0 unspecified atom stereocenters. The molecular weight excluding hydrogens is 300 g/mol. The van der Waals surface area contributed by atoms with Crippen LogP contribution in [0.15, 0.2) is 24.4 Å². The first-order valence-corrected chi connectivity index (χ1v) is 8.31. The molecule has 0 amide bonds. The van der Waals surface area contributed by atoms with Crippen LogP contribution in [-0.4, -0.2) is 28.0 Å². The first-order valence-electron chi connectivity index (χ1n) is 8.31. The molecule has 24 heavy (non-hydrogen) atoms. The normalized spacial score (nSPS) is 21.5. The van der Waals surface area contributed by atoms with E-state index in [0.717, 1.165) is 43.7 Å². The van der Waals surface area contributed by atoms with Gasteiger partial charge in [-0.2, -0.15) is 5.26 Å². The first-order chi connectivity index (χ1) is 11.6. The van der Waals surface area contributed by atoms with Crippen LogP contribution in [0.2, 0.25) is 0 Å². The van der Waals surface area contributed by atoms with Gasteiger partial charge >= 0.3 is 0 Å². The molecule has 0 aromatic carbocycles. The lowest BCUT2D eigenvalue weighted by Crippen LogP contribution is -2.45. The van der Waals surface area contributed by atoms with Gasteiger partial charge in [-0.1, -0.05) is 6.07 Å². The largest absolute Gasteiger partial charge is 0.341 e. The van der Waals surface area contributed by atoms with Crippen LogP contribution in [0.5, 0.6) is 0 Å². The van der Waals surface area contributed by atoms with Gasteiger partial charge in [-0.05, 0) is 49.3 Å². The molecule has 3 heterocycles. The second-order valence-corrected chi connectivity index (χ2v) is 6.85. The zero-order valence-electron chi connectivity index (χ0n) is 13.7. The number of aryl methyl sites for hydroxylation is 1. The summed E-state index contributed by atoms with van der Waals surface area (Å²) in [7, 11) is 0. The Balaban J connectivity index is 1.54. The number of piperidine rings is 1. The Hall–Kier alpha value is -2.52. The molecule has 6 heteroatoms. The van der Waals surface area contributed by atoms with Crippen LogP contribution in [-0.2, 0) is 6.42 Å². The average Bonchev–Trinajstić information content (AvgIpc) is 2.87. The maximum absolute atomic E-state index is 9.10. The molecule has 0 saturated carbocycles. The van der Waals surface area contributed by atoms with Gasteiger partial charge in [0.25, 0.3) is 0 Å². The van der Waals surface area contributed by atoms with E-state index in [1.165, 1.54) is 5.56 Å². The van der Waals surface area contributed by atoms with Crippen LogP contribution in [0.25, 0.3) is 0 Å². The Bertz CT molecular complexity index is 816. The summed E-state index contributed by atoms with van der Waals surface area (Å²) in [5, 5.41) is 9.10. The molecule has 2 aromatic rings. The van der Waals surface area contributed by atoms with E-state index in [1.807, 2.05) is 19.2 Å². The first kappa shape index (κ1) is 15.0. The Kier molecular flexibility index (Phi) is 3.47. The summed E-state index contributed by atoms with van der Waals surface area (Å²) < 4.78 is 0. The minimum Gasteiger partial charge on any atom is -0.341 e. The van der Waals surface area contributed by atoms with Crippen molar-refractivity contribution in [2.24, 2.45) is 11.1 Å². The summed E-state index contributed by atoms with van der Waals surface area (Å²) in [6.07, 6.45) is 4.79. The molecule has 2 N–H and O–H groups in total. The topological polar surface area (TPSA) is 91.7 Å². The quantitative estimate of drug-likeness (QED) is 0.863. The van der Waals surface area contributed by atoms with Crippen LogP contribution < -0.4 is 10.6 Å². The third-order valence-corrected chi connectivity index (χ3v) is 5.44. The van der Waals surface area contributed by atoms with E-state index in [-0.39, 0.29) is 11.5 Å². The van der Waals surface area contributed by atoms with Crippen LogP contribution in [0.1, 0.15) is 41.5 Å². The minimum absolute atomic E-state index is 0.0523. The molecule has 0 radical (unpaired) electrons. The number of anilines is 1. The van der Waals surface area contributed by atoms with E-state index in [2.05, 4.69) is 32.0 Å². The fourth-order valence-corrected chi connectivity index (χ4v) is 4.05. The number of aromatic nitrogens is 3. The van der Waals surface area contributed by atoms with Gasteiger partial charge in [-0.3, -0.25) is 4.98 Å². The molecule has 4 rings (SSSR count). The number of pyridine rings is 1. The average molecular weight is 320 g/mol. The van der Waals surface area contributed by atoms with Gasteiger partial charge in [-0.15, -0.1) is 0 Å². The third kappa shape index (κ3) is 2.33. The van der Waals surface area contributed by atoms with Gasteiger partial charge < -0.3 is 10.6 Å². The number of hydrogen-bond acceptors (Lipinski definition) is 6. The highest BCUT2D eigenvalue weighted by Crippen LogP contribution is 2.50. The van der Waals surface area contributed by atoms with Crippen molar-refractivity contribution in [2.45, 2.75) is 32.2 Å². The van der Waals surface area contributed by atoms with Crippen molar-refractivity contribution in [3.8, 4) is 6.07 Å². The van der Waals surface area contributed by atoms with Gasteiger partial charge in [0, 0.05) is 36.7 Å². The summed E-state index contributed by atoms with van der Waals surface area (Å²) in [6, 6.07) is 7.95. The molecule has 1 aliphatic carbocycles. The van der Waals surface area contributed by atoms with E-state index in [4.69, 9.17) is 11.0 Å². The van der Waals surface area contributed by atoms with Gasteiger partial charge in [0.2, 0.25) is 5.95 Å². The lowest BCUT2D eigenvalue weighted by atomic mass is 9.73. The Morgan fingerprint density at radius 1 is 1.33 bits per heavy atom. The molecule has 0 bridgehead atoms. The summed E-state index contributed by atoms with van der Waals surface area (Å²) in [4.78, 5) is 15.5. The zero-order valence-corrected chi connectivity index (χ0v) is 13.7. The van der Waals surface area contributed by atoms with Crippen molar-refractivity contribution in [3.05, 3.63) is 47.0 Å². The molecular formula is C18H20N6. The summed E-state index contributed by atoms with van der Waals surface area (Å²) in [5.41, 5.74) is 10.3. The van der Waals surface area contributed by atoms with Gasteiger partial charge in [0.15, 0.2) is 0 Å². The molecule has 1 saturated heterocycles. The summed E-state index contributed by atoms with van der Waals surface area (Å²) in [5.74, 6) is 0.656.